The van der Waals surface area contributed by atoms with E-state index in [9.17, 15) is 18.8 Å². The van der Waals surface area contributed by atoms with Crippen molar-refractivity contribution in [1.29, 1.82) is 0 Å². The lowest BCUT2D eigenvalue weighted by molar-refractivity contribution is -0.123. The van der Waals surface area contributed by atoms with E-state index in [2.05, 4.69) is 18.8 Å². The second kappa shape index (κ2) is 6.07. The average molecular weight is 445 g/mol. The summed E-state index contributed by atoms with van der Waals surface area (Å²) < 4.78 is 13.4. The largest absolute Gasteiger partial charge is 0.307 e. The number of H-pyrrole nitrogens is 1. The Labute approximate surface area is 181 Å². The van der Waals surface area contributed by atoms with Gasteiger partial charge in [-0.05, 0) is 54.9 Å². The summed E-state index contributed by atoms with van der Waals surface area (Å²) in [6.45, 7) is 4.37. The molecule has 7 atom stereocenters. The normalized spacial score (nSPS) is 38.7. The number of rotatable bonds is 2. The summed E-state index contributed by atoms with van der Waals surface area (Å²) in [6, 6.07) is 5.59. The van der Waals surface area contributed by atoms with Gasteiger partial charge in [0.1, 0.15) is 5.82 Å². The van der Waals surface area contributed by atoms with Crippen LogP contribution in [0.25, 0.3) is 0 Å². The van der Waals surface area contributed by atoms with E-state index < -0.39 is 0 Å². The van der Waals surface area contributed by atoms with Crippen molar-refractivity contribution in [3.8, 4) is 0 Å². The molecule has 2 aliphatic heterocycles. The number of benzene rings is 1. The van der Waals surface area contributed by atoms with Gasteiger partial charge in [0.25, 0.3) is 0 Å². The zero-order valence-electron chi connectivity index (χ0n) is 16.6. The third kappa shape index (κ3) is 2.16. The molecule has 2 saturated carbocycles. The number of aromatic nitrogens is 1. The molecule has 156 valence electrons. The van der Waals surface area contributed by atoms with Gasteiger partial charge in [0, 0.05) is 15.5 Å². The summed E-state index contributed by atoms with van der Waals surface area (Å²) >= 11 is 3.00. The van der Waals surface area contributed by atoms with Crippen LogP contribution >= 0.6 is 23.1 Å². The predicted octanol–water partition coefficient (Wildman–Crippen LogP) is 3.79. The van der Waals surface area contributed by atoms with E-state index in [-0.39, 0.29) is 62.8 Å². The third-order valence-corrected chi connectivity index (χ3v) is 10.8. The lowest BCUT2D eigenvalue weighted by Gasteiger charge is -2.48. The van der Waals surface area contributed by atoms with Crippen LogP contribution in [-0.4, -0.2) is 22.0 Å². The maximum absolute atomic E-state index is 13.4. The smallest absolute Gasteiger partial charge is 0.305 e. The SMILES string of the molecule is CC[C@]1(C)c2sc(=O)[nH]c2S[C@H]2[C@H]3C[C@@H]([C@H]4C(=O)N(c5ccc(F)cc5)C(=O)[C@H]34)[C@@H]21. The zero-order chi connectivity index (χ0) is 20.9. The minimum Gasteiger partial charge on any atom is -0.307 e. The molecule has 1 saturated heterocycles. The molecule has 3 heterocycles. The van der Waals surface area contributed by atoms with E-state index in [1.807, 2.05) is 0 Å². The maximum Gasteiger partial charge on any atom is 0.305 e. The van der Waals surface area contributed by atoms with Crippen LogP contribution in [-0.2, 0) is 15.0 Å². The molecule has 3 fully saturated rings. The topological polar surface area (TPSA) is 70.2 Å². The number of carbonyl (C=O) groups excluding carboxylic acids is 2. The fourth-order valence-corrected chi connectivity index (χ4v) is 9.93. The fraction of sp³-hybridized carbons (Fsp3) is 0.500. The second-order valence-electron chi connectivity index (χ2n) is 9.16. The number of hydrogen-bond acceptors (Lipinski definition) is 5. The summed E-state index contributed by atoms with van der Waals surface area (Å²) in [5, 5.41) is 1.18. The summed E-state index contributed by atoms with van der Waals surface area (Å²) in [4.78, 5) is 44.3. The Morgan fingerprint density at radius 2 is 1.80 bits per heavy atom. The summed E-state index contributed by atoms with van der Waals surface area (Å²) in [5.41, 5.74) is 0.282. The first-order chi connectivity index (χ1) is 14.3. The van der Waals surface area contributed by atoms with Gasteiger partial charge in [0.15, 0.2) is 0 Å². The lowest BCUT2D eigenvalue weighted by atomic mass is 9.62. The van der Waals surface area contributed by atoms with Crippen molar-refractivity contribution in [3.05, 3.63) is 44.6 Å². The molecular weight excluding hydrogens is 423 g/mol. The first kappa shape index (κ1) is 18.8. The Bertz CT molecular complexity index is 1140. The number of halogens is 1. The highest BCUT2D eigenvalue weighted by Crippen LogP contribution is 2.69. The fourth-order valence-electron chi connectivity index (χ4n) is 6.74. The minimum absolute atomic E-state index is 0.0330. The van der Waals surface area contributed by atoms with Crippen molar-refractivity contribution in [2.75, 3.05) is 4.90 Å². The van der Waals surface area contributed by atoms with E-state index in [0.717, 1.165) is 22.7 Å². The highest BCUT2D eigenvalue weighted by atomic mass is 32.2. The summed E-state index contributed by atoms with van der Waals surface area (Å²) in [7, 11) is 0. The third-order valence-electron chi connectivity index (χ3n) is 8.05. The number of imide groups is 1. The van der Waals surface area contributed by atoms with Gasteiger partial charge >= 0.3 is 4.87 Å². The molecule has 1 aromatic carbocycles. The van der Waals surface area contributed by atoms with E-state index in [1.54, 1.807) is 11.8 Å². The Hall–Kier alpha value is -1.93. The molecular formula is C22H21FN2O3S2. The van der Waals surface area contributed by atoms with Gasteiger partial charge in [0.2, 0.25) is 11.8 Å². The van der Waals surface area contributed by atoms with E-state index in [0.29, 0.717) is 5.69 Å². The van der Waals surface area contributed by atoms with Crippen molar-refractivity contribution < 1.29 is 14.0 Å². The standard InChI is InChI=1S/C22H21FN2O3S2/c1-3-22(2)15-11-8-12(16(15)29-18-17(22)30-21(28)24-18)14-13(11)19(26)25(20(14)27)10-6-4-9(23)5-7-10/h4-7,11-16H,3,8H2,1-2H3,(H,24,28)/t11-,12-,13+,14+,15-,16-,22-/m0/s1. The van der Waals surface area contributed by atoms with Gasteiger partial charge in [-0.2, -0.15) is 0 Å². The van der Waals surface area contributed by atoms with Crippen LogP contribution in [0, 0.1) is 35.4 Å². The first-order valence-electron chi connectivity index (χ1n) is 10.4. The molecule has 0 radical (unpaired) electrons. The predicted molar refractivity (Wildman–Crippen MR) is 113 cm³/mol. The van der Waals surface area contributed by atoms with E-state index in [1.165, 1.54) is 40.5 Å². The van der Waals surface area contributed by atoms with Crippen molar-refractivity contribution in [3.63, 3.8) is 0 Å². The molecule has 2 aliphatic carbocycles. The molecule has 1 N–H and O–H groups in total. The van der Waals surface area contributed by atoms with Crippen LogP contribution in [0.15, 0.2) is 34.1 Å². The van der Waals surface area contributed by atoms with Crippen molar-refractivity contribution >= 4 is 40.6 Å². The highest BCUT2D eigenvalue weighted by Gasteiger charge is 2.71. The van der Waals surface area contributed by atoms with Crippen LogP contribution in [0.5, 0.6) is 0 Å². The number of anilines is 1. The molecule has 8 heteroatoms. The molecule has 6 rings (SSSR count). The van der Waals surface area contributed by atoms with Crippen molar-refractivity contribution in [1.82, 2.24) is 4.98 Å². The zero-order valence-corrected chi connectivity index (χ0v) is 18.2. The number of thioether (sulfide) groups is 1. The van der Waals surface area contributed by atoms with E-state index in [4.69, 9.17) is 0 Å². The molecule has 2 amide bonds. The van der Waals surface area contributed by atoms with Gasteiger partial charge < -0.3 is 4.98 Å². The summed E-state index contributed by atoms with van der Waals surface area (Å²) in [5.74, 6) is -0.770. The molecule has 0 spiro atoms. The van der Waals surface area contributed by atoms with Crippen LogP contribution in [0.2, 0.25) is 0 Å². The maximum atomic E-state index is 13.4. The van der Waals surface area contributed by atoms with Gasteiger partial charge in [-0.3, -0.25) is 19.3 Å². The van der Waals surface area contributed by atoms with Crippen LogP contribution in [0.1, 0.15) is 31.6 Å². The number of fused-ring (bicyclic) bond motifs is 9. The van der Waals surface area contributed by atoms with Crippen LogP contribution < -0.4 is 9.77 Å². The minimum atomic E-state index is -0.389. The monoisotopic (exact) mass is 444 g/mol. The molecule has 1 aromatic heterocycles. The van der Waals surface area contributed by atoms with Gasteiger partial charge in [-0.15, -0.1) is 11.8 Å². The number of carbonyl (C=O) groups is 2. The Morgan fingerprint density at radius 3 is 2.47 bits per heavy atom. The number of thiazole rings is 1. The Kier molecular flexibility index (Phi) is 3.80. The number of aromatic amines is 1. The molecule has 30 heavy (non-hydrogen) atoms. The van der Waals surface area contributed by atoms with Gasteiger partial charge in [-0.25, -0.2) is 4.39 Å². The first-order valence-corrected chi connectivity index (χ1v) is 12.1. The second-order valence-corrected chi connectivity index (χ2v) is 11.3. The summed E-state index contributed by atoms with van der Waals surface area (Å²) in [6.07, 6.45) is 1.78. The quantitative estimate of drug-likeness (QED) is 0.716. The molecule has 2 bridgehead atoms. The number of nitrogens with one attached hydrogen (secondary N) is 1. The number of hydrogen-bond donors (Lipinski definition) is 1. The average Bonchev–Trinajstić information content (AvgIpc) is 3.44. The van der Waals surface area contributed by atoms with Crippen LogP contribution in [0.3, 0.4) is 0 Å². The number of nitrogens with zero attached hydrogens (tertiary/aromatic N) is 1. The number of amides is 2. The molecule has 5 nitrogen and oxygen atoms in total. The Balaban J connectivity index is 1.43. The van der Waals surface area contributed by atoms with E-state index >= 15 is 0 Å². The van der Waals surface area contributed by atoms with Crippen molar-refractivity contribution in [2.24, 2.45) is 29.6 Å². The van der Waals surface area contributed by atoms with Gasteiger partial charge in [0.05, 0.1) is 22.5 Å². The van der Waals surface area contributed by atoms with Crippen LogP contribution in [0.4, 0.5) is 10.1 Å². The highest BCUT2D eigenvalue weighted by molar-refractivity contribution is 8.00. The molecule has 0 unspecified atom stereocenters. The Morgan fingerprint density at radius 1 is 1.13 bits per heavy atom. The van der Waals surface area contributed by atoms with Crippen molar-refractivity contribution in [2.45, 2.75) is 42.4 Å². The molecule has 4 aliphatic rings. The molecule has 2 aromatic rings. The van der Waals surface area contributed by atoms with Gasteiger partial charge in [-0.1, -0.05) is 25.2 Å². The lowest BCUT2D eigenvalue weighted by Crippen LogP contribution is -2.49.